The molecule has 0 spiro atoms. The van der Waals surface area contributed by atoms with Crippen LogP contribution in [0.2, 0.25) is 0 Å². The number of piperidine rings is 2. The summed E-state index contributed by atoms with van der Waals surface area (Å²) in [4.78, 5) is 18.7. The normalized spacial score (nSPS) is 37.3. The lowest BCUT2D eigenvalue weighted by atomic mass is 9.76. The molecule has 0 radical (unpaired) electrons. The van der Waals surface area contributed by atoms with Crippen molar-refractivity contribution in [2.24, 2.45) is 17.6 Å². The maximum atomic E-state index is 10.5. The van der Waals surface area contributed by atoms with E-state index in [1.807, 2.05) is 0 Å². The summed E-state index contributed by atoms with van der Waals surface area (Å²) in [7, 11) is 0. The Morgan fingerprint density at radius 2 is 1.87 bits per heavy atom. The van der Waals surface area contributed by atoms with Crippen LogP contribution in [0.4, 0.5) is 0 Å². The number of hydrogen-bond donors (Lipinski definition) is 5. The Kier molecular flexibility index (Phi) is 10.5. The molecule has 1 aliphatic carbocycles. The Morgan fingerprint density at radius 3 is 2.61 bits per heavy atom. The highest BCUT2D eigenvalue weighted by molar-refractivity contribution is 5.46. The van der Waals surface area contributed by atoms with Crippen LogP contribution in [-0.4, -0.2) is 68.0 Å². The number of carbonyl (C=O) groups is 1. The molecular weight excluding hydrogens is 392 g/mol. The van der Waals surface area contributed by atoms with Crippen LogP contribution in [0.15, 0.2) is 0 Å². The Hall–Kier alpha value is -0.770. The first-order chi connectivity index (χ1) is 15.1. The minimum atomic E-state index is 0.143. The fourth-order valence-corrected chi connectivity index (χ4v) is 5.77. The van der Waals surface area contributed by atoms with Crippen LogP contribution in [-0.2, 0) is 9.63 Å². The van der Waals surface area contributed by atoms with Crippen molar-refractivity contribution in [1.82, 2.24) is 26.3 Å². The van der Waals surface area contributed by atoms with Gasteiger partial charge in [0.15, 0.2) is 0 Å². The molecule has 3 heterocycles. The van der Waals surface area contributed by atoms with Crippen LogP contribution in [0.25, 0.3) is 0 Å². The van der Waals surface area contributed by atoms with E-state index in [0.29, 0.717) is 30.9 Å². The van der Waals surface area contributed by atoms with Crippen LogP contribution in [0.1, 0.15) is 71.6 Å². The van der Waals surface area contributed by atoms with Crippen LogP contribution >= 0.6 is 0 Å². The van der Waals surface area contributed by atoms with Gasteiger partial charge in [-0.25, -0.2) is 0 Å². The van der Waals surface area contributed by atoms with Crippen molar-refractivity contribution in [2.45, 2.75) is 102 Å². The van der Waals surface area contributed by atoms with Crippen molar-refractivity contribution >= 4 is 6.41 Å². The summed E-state index contributed by atoms with van der Waals surface area (Å²) >= 11 is 0. The molecule has 0 bridgehead atoms. The second kappa shape index (κ2) is 13.1. The Bertz CT molecular complexity index is 516. The van der Waals surface area contributed by atoms with Crippen molar-refractivity contribution in [1.29, 1.82) is 0 Å². The van der Waals surface area contributed by atoms with Gasteiger partial charge in [0.25, 0.3) is 0 Å². The van der Waals surface area contributed by atoms with E-state index in [1.165, 1.54) is 51.4 Å². The summed E-state index contributed by atoms with van der Waals surface area (Å²) in [5.41, 5.74) is 8.63. The largest absolute Gasteiger partial charge is 0.343 e. The molecule has 8 heteroatoms. The number of carbonyl (C=O) groups excluding carboxylic acids is 1. The van der Waals surface area contributed by atoms with Gasteiger partial charge >= 0.3 is 0 Å². The van der Waals surface area contributed by atoms with Gasteiger partial charge in [-0.3, -0.25) is 19.8 Å². The molecule has 3 saturated heterocycles. The molecule has 0 aromatic carbocycles. The molecule has 6 unspecified atom stereocenters. The number of amides is 1. The number of rotatable bonds is 6. The average molecular weight is 439 g/mol. The maximum Gasteiger partial charge on any atom is 0.208 e. The minimum Gasteiger partial charge on any atom is -0.343 e. The Balaban J connectivity index is 0.000000194. The van der Waals surface area contributed by atoms with E-state index in [0.717, 1.165) is 44.3 Å². The molecule has 1 amide bonds. The van der Waals surface area contributed by atoms with Crippen molar-refractivity contribution in [2.75, 3.05) is 26.2 Å². The summed E-state index contributed by atoms with van der Waals surface area (Å²) in [6.07, 6.45) is 13.0. The monoisotopic (exact) mass is 438 g/mol. The molecule has 180 valence electrons. The molecule has 4 rings (SSSR count). The standard InChI is InChI=1S/C13H27N5O.C10H19NO/c14-6-7-15-11-4-8-18(9-5-11)13-3-1-2-12(17-13)16-10-19;1-7-4-3-5-9-6-8(2)11-12-10(7)9/h10-13,15,17H,1-9,14H2,(H,16,19);7-11H,3-6H2,1-2H3. The van der Waals surface area contributed by atoms with Crippen LogP contribution in [0.3, 0.4) is 0 Å². The van der Waals surface area contributed by atoms with Gasteiger partial charge in [-0.1, -0.05) is 13.3 Å². The number of nitrogens with two attached hydrogens (primary N) is 1. The van der Waals surface area contributed by atoms with Crippen molar-refractivity contribution < 1.29 is 9.63 Å². The third kappa shape index (κ3) is 7.65. The van der Waals surface area contributed by atoms with Gasteiger partial charge in [0.05, 0.1) is 18.4 Å². The van der Waals surface area contributed by atoms with E-state index < -0.39 is 0 Å². The first kappa shape index (κ1) is 24.9. The fourth-order valence-electron chi connectivity index (χ4n) is 5.77. The molecule has 8 nitrogen and oxygen atoms in total. The average Bonchev–Trinajstić information content (AvgIpc) is 2.79. The number of fused-ring (bicyclic) bond motifs is 1. The number of nitrogens with one attached hydrogen (secondary N) is 4. The molecule has 31 heavy (non-hydrogen) atoms. The SMILES string of the molecule is CC1CC2CCCC(C)C2ON1.NCCNC1CCN(C2CCCC(NC=O)N2)CC1. The number of hydrogen-bond acceptors (Lipinski definition) is 7. The summed E-state index contributed by atoms with van der Waals surface area (Å²) in [6, 6.07) is 1.17. The van der Waals surface area contributed by atoms with Gasteiger partial charge in [0.2, 0.25) is 6.41 Å². The third-order valence-corrected chi connectivity index (χ3v) is 7.50. The lowest BCUT2D eigenvalue weighted by Gasteiger charge is -2.42. The topological polar surface area (TPSA) is 104 Å². The molecule has 0 aromatic rings. The highest BCUT2D eigenvalue weighted by atomic mass is 16.7. The molecule has 6 atom stereocenters. The fraction of sp³-hybridized carbons (Fsp3) is 0.957. The quantitative estimate of drug-likeness (QED) is 0.398. The second-order valence-electron chi connectivity index (χ2n) is 10.0. The molecule has 0 aromatic heterocycles. The van der Waals surface area contributed by atoms with Crippen molar-refractivity contribution in [3.63, 3.8) is 0 Å². The molecule has 1 saturated carbocycles. The Labute approximate surface area is 188 Å². The third-order valence-electron chi connectivity index (χ3n) is 7.50. The van der Waals surface area contributed by atoms with Gasteiger partial charge in [-0.15, -0.1) is 0 Å². The highest BCUT2D eigenvalue weighted by Gasteiger charge is 2.36. The van der Waals surface area contributed by atoms with Gasteiger partial charge in [-0.05, 0) is 70.1 Å². The van der Waals surface area contributed by atoms with E-state index in [1.54, 1.807) is 0 Å². The van der Waals surface area contributed by atoms with Crippen LogP contribution in [0, 0.1) is 11.8 Å². The van der Waals surface area contributed by atoms with E-state index >= 15 is 0 Å². The molecule has 6 N–H and O–H groups in total. The number of hydroxylamine groups is 1. The zero-order valence-corrected chi connectivity index (χ0v) is 19.7. The molecule has 3 aliphatic heterocycles. The first-order valence-electron chi connectivity index (χ1n) is 12.6. The summed E-state index contributed by atoms with van der Waals surface area (Å²) in [6.45, 7) is 8.38. The zero-order chi connectivity index (χ0) is 22.1. The summed E-state index contributed by atoms with van der Waals surface area (Å²) < 4.78 is 0. The van der Waals surface area contributed by atoms with Gasteiger partial charge in [0, 0.05) is 38.3 Å². The summed E-state index contributed by atoms with van der Waals surface area (Å²) in [5, 5.41) is 9.86. The molecular formula is C23H46N6O2. The first-order valence-corrected chi connectivity index (χ1v) is 12.6. The predicted molar refractivity (Wildman–Crippen MR) is 124 cm³/mol. The van der Waals surface area contributed by atoms with E-state index in [4.69, 9.17) is 10.6 Å². The Morgan fingerprint density at radius 1 is 1.10 bits per heavy atom. The van der Waals surface area contributed by atoms with E-state index in [-0.39, 0.29) is 6.17 Å². The molecule has 4 aliphatic rings. The van der Waals surface area contributed by atoms with E-state index in [2.05, 4.69) is 40.2 Å². The summed E-state index contributed by atoms with van der Waals surface area (Å²) in [5.74, 6) is 1.58. The smallest absolute Gasteiger partial charge is 0.208 e. The number of nitrogens with zero attached hydrogens (tertiary/aromatic N) is 1. The van der Waals surface area contributed by atoms with Crippen molar-refractivity contribution in [3.05, 3.63) is 0 Å². The maximum absolute atomic E-state index is 10.5. The number of likely N-dealkylation sites (tertiary alicyclic amines) is 1. The zero-order valence-electron chi connectivity index (χ0n) is 19.7. The van der Waals surface area contributed by atoms with Gasteiger partial charge in [0.1, 0.15) is 0 Å². The molecule has 4 fully saturated rings. The van der Waals surface area contributed by atoms with Gasteiger partial charge in [-0.2, -0.15) is 5.48 Å². The minimum absolute atomic E-state index is 0.143. The second-order valence-corrected chi connectivity index (χ2v) is 10.0. The van der Waals surface area contributed by atoms with Crippen molar-refractivity contribution in [3.8, 4) is 0 Å². The predicted octanol–water partition coefficient (Wildman–Crippen LogP) is 1.28. The van der Waals surface area contributed by atoms with Crippen LogP contribution in [0.5, 0.6) is 0 Å². The van der Waals surface area contributed by atoms with Crippen LogP contribution < -0.4 is 27.2 Å². The van der Waals surface area contributed by atoms with Gasteiger partial charge < -0.3 is 16.4 Å². The lowest BCUT2D eigenvalue weighted by Crippen LogP contribution is -2.59. The highest BCUT2D eigenvalue weighted by Crippen LogP contribution is 2.35. The van der Waals surface area contributed by atoms with E-state index in [9.17, 15) is 4.79 Å². The lowest BCUT2D eigenvalue weighted by molar-refractivity contribution is -0.144.